The van der Waals surface area contributed by atoms with Gasteiger partial charge in [0.15, 0.2) is 0 Å². The summed E-state index contributed by atoms with van der Waals surface area (Å²) in [5.74, 6) is 0. The zero-order chi connectivity index (χ0) is 16.7. The topological polar surface area (TPSA) is 65.0 Å². The molecule has 6 nitrogen and oxygen atoms in total. The van der Waals surface area contributed by atoms with Crippen molar-refractivity contribution < 1.29 is 14.6 Å². The lowest BCUT2D eigenvalue weighted by atomic mass is 10.2. The minimum atomic E-state index is -0.593. The molecule has 0 unspecified atom stereocenters. The van der Waals surface area contributed by atoms with Crippen LogP contribution < -0.4 is 10.2 Å². The molecule has 2 rings (SSSR count). The number of ether oxygens (including phenoxy) is 1. The summed E-state index contributed by atoms with van der Waals surface area (Å²) >= 11 is 0. The summed E-state index contributed by atoms with van der Waals surface area (Å²) < 4.78 is 5.23. The Balaban J connectivity index is 1.71. The number of nitrogens with zero attached hydrogens (tertiary/aromatic N) is 2. The van der Waals surface area contributed by atoms with Crippen LogP contribution in [0.5, 0.6) is 0 Å². The fourth-order valence-corrected chi connectivity index (χ4v) is 2.78. The van der Waals surface area contributed by atoms with Crippen molar-refractivity contribution >= 4 is 11.7 Å². The van der Waals surface area contributed by atoms with Gasteiger partial charge in [0.05, 0.1) is 25.4 Å². The number of hydrogen-bond donors (Lipinski definition) is 2. The Kier molecular flexibility index (Phi) is 6.67. The monoisotopic (exact) mass is 321 g/mol. The van der Waals surface area contributed by atoms with Crippen LogP contribution in [0.15, 0.2) is 30.3 Å². The molecule has 1 fully saturated rings. The first-order valence-electron chi connectivity index (χ1n) is 8.20. The third-order valence-electron chi connectivity index (χ3n) is 4.17. The number of likely N-dealkylation sites (N-methyl/N-ethyl adjacent to an activating group) is 1. The molecule has 1 aliphatic heterocycles. The van der Waals surface area contributed by atoms with Crippen molar-refractivity contribution in [3.8, 4) is 0 Å². The van der Waals surface area contributed by atoms with Gasteiger partial charge in [-0.1, -0.05) is 18.2 Å². The molecule has 23 heavy (non-hydrogen) atoms. The normalized spacial score (nSPS) is 20.3. The number of anilines is 1. The maximum atomic E-state index is 12.3. The molecule has 1 saturated heterocycles. The highest BCUT2D eigenvalue weighted by Crippen LogP contribution is 2.13. The number of benzene rings is 1. The SMILES string of the molecule is CCN(C(=O)NCCCN(C)c1ccccc1)[C@H]1COC[C@@H]1O. The van der Waals surface area contributed by atoms with E-state index in [4.69, 9.17) is 4.74 Å². The van der Waals surface area contributed by atoms with Crippen LogP contribution in [0.3, 0.4) is 0 Å². The van der Waals surface area contributed by atoms with Crippen molar-refractivity contribution in [1.82, 2.24) is 10.2 Å². The van der Waals surface area contributed by atoms with Gasteiger partial charge >= 0.3 is 6.03 Å². The zero-order valence-electron chi connectivity index (χ0n) is 13.9. The molecule has 1 aromatic carbocycles. The highest BCUT2D eigenvalue weighted by molar-refractivity contribution is 5.74. The Bertz CT molecular complexity index is 483. The second-order valence-electron chi connectivity index (χ2n) is 5.80. The molecule has 1 heterocycles. The maximum absolute atomic E-state index is 12.3. The van der Waals surface area contributed by atoms with Crippen molar-refractivity contribution in [1.29, 1.82) is 0 Å². The van der Waals surface area contributed by atoms with Gasteiger partial charge in [0.25, 0.3) is 0 Å². The summed E-state index contributed by atoms with van der Waals surface area (Å²) in [4.78, 5) is 16.1. The Morgan fingerprint density at radius 2 is 2.09 bits per heavy atom. The van der Waals surface area contributed by atoms with Crippen LogP contribution in [-0.2, 0) is 4.74 Å². The third-order valence-corrected chi connectivity index (χ3v) is 4.17. The van der Waals surface area contributed by atoms with E-state index in [9.17, 15) is 9.90 Å². The van der Waals surface area contributed by atoms with E-state index in [2.05, 4.69) is 22.3 Å². The van der Waals surface area contributed by atoms with Gasteiger partial charge in [0.2, 0.25) is 0 Å². The predicted molar refractivity (Wildman–Crippen MR) is 90.7 cm³/mol. The Morgan fingerprint density at radius 1 is 1.35 bits per heavy atom. The van der Waals surface area contributed by atoms with Crippen molar-refractivity contribution in [2.75, 3.05) is 44.8 Å². The molecule has 0 saturated carbocycles. The quantitative estimate of drug-likeness (QED) is 0.743. The average molecular weight is 321 g/mol. The zero-order valence-corrected chi connectivity index (χ0v) is 13.9. The van der Waals surface area contributed by atoms with E-state index >= 15 is 0 Å². The lowest BCUT2D eigenvalue weighted by Crippen LogP contribution is -2.50. The average Bonchev–Trinajstić information content (AvgIpc) is 2.99. The summed E-state index contributed by atoms with van der Waals surface area (Å²) in [5, 5.41) is 12.8. The lowest BCUT2D eigenvalue weighted by molar-refractivity contribution is 0.0964. The fraction of sp³-hybridized carbons (Fsp3) is 0.588. The number of aliphatic hydroxyl groups is 1. The van der Waals surface area contributed by atoms with Crippen LogP contribution in [0, 0.1) is 0 Å². The van der Waals surface area contributed by atoms with Gasteiger partial charge in [-0.25, -0.2) is 4.79 Å². The van der Waals surface area contributed by atoms with E-state index in [1.54, 1.807) is 4.90 Å². The van der Waals surface area contributed by atoms with Gasteiger partial charge < -0.3 is 25.0 Å². The van der Waals surface area contributed by atoms with Crippen molar-refractivity contribution in [2.24, 2.45) is 0 Å². The van der Waals surface area contributed by atoms with Gasteiger partial charge in [0, 0.05) is 32.4 Å². The molecule has 0 bridgehead atoms. The molecule has 0 spiro atoms. The minimum Gasteiger partial charge on any atom is -0.388 e. The van der Waals surface area contributed by atoms with E-state index in [1.165, 1.54) is 5.69 Å². The highest BCUT2D eigenvalue weighted by Gasteiger charge is 2.33. The predicted octanol–water partition coefficient (Wildman–Crippen LogP) is 1.30. The first kappa shape index (κ1) is 17.6. The van der Waals surface area contributed by atoms with Crippen LogP contribution >= 0.6 is 0 Å². The molecule has 128 valence electrons. The van der Waals surface area contributed by atoms with Crippen LogP contribution in [-0.4, -0.2) is 68.1 Å². The van der Waals surface area contributed by atoms with Crippen LogP contribution in [0.1, 0.15) is 13.3 Å². The van der Waals surface area contributed by atoms with Crippen molar-refractivity contribution in [3.05, 3.63) is 30.3 Å². The maximum Gasteiger partial charge on any atom is 0.317 e. The molecular weight excluding hydrogens is 294 g/mol. The number of hydrogen-bond acceptors (Lipinski definition) is 4. The van der Waals surface area contributed by atoms with Gasteiger partial charge in [-0.3, -0.25) is 0 Å². The smallest absolute Gasteiger partial charge is 0.317 e. The summed E-state index contributed by atoms with van der Waals surface area (Å²) in [6, 6.07) is 9.79. The summed E-state index contributed by atoms with van der Waals surface area (Å²) in [5.41, 5.74) is 1.17. The second kappa shape index (κ2) is 8.74. The lowest BCUT2D eigenvalue weighted by Gasteiger charge is -2.29. The Morgan fingerprint density at radius 3 is 2.70 bits per heavy atom. The largest absolute Gasteiger partial charge is 0.388 e. The summed E-state index contributed by atoms with van der Waals surface area (Å²) in [6.45, 7) is 4.64. The van der Waals surface area contributed by atoms with E-state index < -0.39 is 6.10 Å². The molecule has 2 N–H and O–H groups in total. The standard InChI is InChI=1S/C17H27N3O3/c1-3-20(15-12-23-13-16(15)21)17(22)18-10-7-11-19(2)14-8-5-4-6-9-14/h4-6,8-9,15-16,21H,3,7,10-13H2,1-2H3,(H,18,22)/t15-,16-/m0/s1. The van der Waals surface area contributed by atoms with E-state index in [0.717, 1.165) is 13.0 Å². The third kappa shape index (κ3) is 4.84. The van der Waals surface area contributed by atoms with Crippen LogP contribution in [0.4, 0.5) is 10.5 Å². The first-order chi connectivity index (χ1) is 11.1. The molecule has 0 radical (unpaired) electrons. The molecule has 6 heteroatoms. The summed E-state index contributed by atoms with van der Waals surface area (Å²) in [7, 11) is 2.04. The molecule has 1 aromatic rings. The number of aliphatic hydroxyl groups excluding tert-OH is 1. The molecule has 1 aliphatic rings. The molecular formula is C17H27N3O3. The Hall–Kier alpha value is -1.79. The van der Waals surface area contributed by atoms with Crippen molar-refractivity contribution in [2.45, 2.75) is 25.5 Å². The molecule has 0 aromatic heterocycles. The summed E-state index contributed by atoms with van der Waals surface area (Å²) in [6.07, 6.45) is 0.267. The minimum absolute atomic E-state index is 0.135. The number of rotatable bonds is 7. The van der Waals surface area contributed by atoms with Gasteiger partial charge in [-0.05, 0) is 25.5 Å². The molecule has 2 atom stereocenters. The van der Waals surface area contributed by atoms with E-state index in [0.29, 0.717) is 26.3 Å². The molecule has 2 amide bonds. The first-order valence-corrected chi connectivity index (χ1v) is 8.20. The molecule has 0 aliphatic carbocycles. The Labute approximate surface area is 138 Å². The van der Waals surface area contributed by atoms with Gasteiger partial charge in [0.1, 0.15) is 0 Å². The van der Waals surface area contributed by atoms with Gasteiger partial charge in [-0.2, -0.15) is 0 Å². The number of carbonyl (C=O) groups is 1. The number of para-hydroxylation sites is 1. The van der Waals surface area contributed by atoms with E-state index in [1.807, 2.05) is 32.2 Å². The van der Waals surface area contributed by atoms with Crippen LogP contribution in [0.2, 0.25) is 0 Å². The van der Waals surface area contributed by atoms with Gasteiger partial charge in [-0.15, -0.1) is 0 Å². The number of nitrogens with one attached hydrogen (secondary N) is 1. The van der Waals surface area contributed by atoms with E-state index in [-0.39, 0.29) is 12.1 Å². The highest BCUT2D eigenvalue weighted by atomic mass is 16.5. The number of carbonyl (C=O) groups excluding carboxylic acids is 1. The van der Waals surface area contributed by atoms with Crippen molar-refractivity contribution in [3.63, 3.8) is 0 Å². The fourth-order valence-electron chi connectivity index (χ4n) is 2.78. The number of amides is 2. The number of urea groups is 1. The van der Waals surface area contributed by atoms with Crippen LogP contribution in [0.25, 0.3) is 0 Å². The second-order valence-corrected chi connectivity index (χ2v) is 5.80.